The number of pyridine rings is 1. The Labute approximate surface area is 111 Å². The largest absolute Gasteiger partial charge is 0.256 e. The predicted molar refractivity (Wildman–Crippen MR) is 75.7 cm³/mol. The van der Waals surface area contributed by atoms with Gasteiger partial charge in [0.15, 0.2) is 0 Å². The fourth-order valence-corrected chi connectivity index (χ4v) is 2.21. The monoisotopic (exact) mass is 265 g/mol. The molecule has 2 aromatic rings. The molecule has 0 saturated carbocycles. The number of rotatable bonds is 3. The van der Waals surface area contributed by atoms with Crippen LogP contribution in [-0.2, 0) is 0 Å². The molecule has 0 saturated heterocycles. The molecule has 3 heteroatoms. The summed E-state index contributed by atoms with van der Waals surface area (Å²) in [5, 5.41) is 1.71. The molecule has 0 unspecified atom stereocenters. The zero-order valence-electron chi connectivity index (χ0n) is 9.58. The van der Waals surface area contributed by atoms with E-state index in [0.717, 1.165) is 27.9 Å². The fourth-order valence-electron chi connectivity index (χ4n) is 1.73. The molecule has 0 fully saturated rings. The molecular formula is C14H13Cl2N. The minimum atomic E-state index is 0.549. The molecule has 1 nitrogen and oxygen atoms in total. The van der Waals surface area contributed by atoms with Crippen molar-refractivity contribution in [3.05, 3.63) is 46.6 Å². The fraction of sp³-hybridized carbons (Fsp3) is 0.214. The first kappa shape index (κ1) is 12.4. The van der Waals surface area contributed by atoms with Crippen LogP contribution in [0.1, 0.15) is 18.9 Å². The first-order chi connectivity index (χ1) is 8.26. The normalized spacial score (nSPS) is 12.1. The van der Waals surface area contributed by atoms with Gasteiger partial charge in [-0.05, 0) is 24.6 Å². The van der Waals surface area contributed by atoms with Crippen LogP contribution >= 0.6 is 23.2 Å². The minimum Gasteiger partial charge on any atom is -0.256 e. The highest BCUT2D eigenvalue weighted by Gasteiger charge is 2.04. The third-order valence-corrected chi connectivity index (χ3v) is 3.41. The molecule has 0 atom stereocenters. The Balaban J connectivity index is 2.63. The number of aromatic nitrogens is 1. The number of hydrogen-bond donors (Lipinski definition) is 0. The van der Waals surface area contributed by atoms with Gasteiger partial charge in [-0.2, -0.15) is 0 Å². The van der Waals surface area contributed by atoms with Crippen LogP contribution in [0.2, 0.25) is 5.02 Å². The maximum absolute atomic E-state index is 6.15. The minimum absolute atomic E-state index is 0.549. The van der Waals surface area contributed by atoms with Gasteiger partial charge in [-0.1, -0.05) is 36.2 Å². The van der Waals surface area contributed by atoms with Gasteiger partial charge in [0.2, 0.25) is 0 Å². The van der Waals surface area contributed by atoms with Gasteiger partial charge in [0.1, 0.15) is 0 Å². The molecule has 1 aromatic carbocycles. The van der Waals surface area contributed by atoms with Crippen molar-refractivity contribution in [1.82, 2.24) is 4.98 Å². The Hall–Kier alpha value is -1.05. The number of allylic oxidation sites excluding steroid dienone is 1. The highest BCUT2D eigenvalue weighted by molar-refractivity contribution is 6.35. The van der Waals surface area contributed by atoms with Crippen molar-refractivity contribution in [3.63, 3.8) is 0 Å². The van der Waals surface area contributed by atoms with Gasteiger partial charge in [-0.3, -0.25) is 4.98 Å². The SMILES string of the molecule is CC/C(=C/c1ccc(Cl)c2cccnc12)CCl. The van der Waals surface area contributed by atoms with Gasteiger partial charge in [0.25, 0.3) is 0 Å². The average molecular weight is 266 g/mol. The molecule has 0 spiro atoms. The summed E-state index contributed by atoms with van der Waals surface area (Å²) in [5.74, 6) is 0.549. The van der Waals surface area contributed by atoms with Crippen LogP contribution < -0.4 is 0 Å². The summed E-state index contributed by atoms with van der Waals surface area (Å²) < 4.78 is 0. The molecule has 2 rings (SSSR count). The van der Waals surface area contributed by atoms with E-state index in [9.17, 15) is 0 Å². The Morgan fingerprint density at radius 1 is 1.35 bits per heavy atom. The van der Waals surface area contributed by atoms with E-state index >= 15 is 0 Å². The van der Waals surface area contributed by atoms with E-state index in [-0.39, 0.29) is 0 Å². The maximum atomic E-state index is 6.15. The van der Waals surface area contributed by atoms with E-state index in [1.165, 1.54) is 5.57 Å². The van der Waals surface area contributed by atoms with Gasteiger partial charge in [0.05, 0.1) is 10.5 Å². The van der Waals surface area contributed by atoms with Gasteiger partial charge in [-0.15, -0.1) is 11.6 Å². The lowest BCUT2D eigenvalue weighted by atomic mass is 10.1. The van der Waals surface area contributed by atoms with Crippen LogP contribution in [0.5, 0.6) is 0 Å². The van der Waals surface area contributed by atoms with Crippen LogP contribution in [-0.4, -0.2) is 10.9 Å². The second kappa shape index (κ2) is 5.52. The van der Waals surface area contributed by atoms with Crippen molar-refractivity contribution in [3.8, 4) is 0 Å². The third kappa shape index (κ3) is 2.62. The lowest BCUT2D eigenvalue weighted by Crippen LogP contribution is -1.87. The Morgan fingerprint density at radius 3 is 2.88 bits per heavy atom. The van der Waals surface area contributed by atoms with Gasteiger partial charge in [-0.25, -0.2) is 0 Å². The predicted octanol–water partition coefficient (Wildman–Crippen LogP) is 4.92. The number of alkyl halides is 1. The molecule has 88 valence electrons. The first-order valence-corrected chi connectivity index (χ1v) is 6.46. The topological polar surface area (TPSA) is 12.9 Å². The van der Waals surface area contributed by atoms with E-state index in [2.05, 4.69) is 18.0 Å². The van der Waals surface area contributed by atoms with Crippen molar-refractivity contribution in [2.24, 2.45) is 0 Å². The van der Waals surface area contributed by atoms with Crippen molar-refractivity contribution in [2.75, 3.05) is 5.88 Å². The Morgan fingerprint density at radius 2 is 2.18 bits per heavy atom. The summed E-state index contributed by atoms with van der Waals surface area (Å²) in [6.07, 6.45) is 4.82. The molecule has 0 N–H and O–H groups in total. The molecule has 1 aromatic heterocycles. The van der Waals surface area contributed by atoms with E-state index in [1.54, 1.807) is 6.20 Å². The standard InChI is InChI=1S/C14H13Cl2N/c1-2-10(9-15)8-11-5-6-13(16)12-4-3-7-17-14(11)12/h3-8H,2,9H2,1H3/b10-8-. The molecule has 1 heterocycles. The number of hydrogen-bond acceptors (Lipinski definition) is 1. The molecular weight excluding hydrogens is 253 g/mol. The van der Waals surface area contributed by atoms with Crippen LogP contribution in [0.15, 0.2) is 36.0 Å². The molecule has 0 amide bonds. The lowest BCUT2D eigenvalue weighted by molar-refractivity contribution is 1.12. The van der Waals surface area contributed by atoms with E-state index in [1.807, 2.05) is 24.3 Å². The van der Waals surface area contributed by atoms with Crippen molar-refractivity contribution in [1.29, 1.82) is 0 Å². The summed E-state index contributed by atoms with van der Waals surface area (Å²) in [4.78, 5) is 4.39. The molecule has 0 aliphatic heterocycles. The molecule has 0 aliphatic rings. The van der Waals surface area contributed by atoms with E-state index in [4.69, 9.17) is 23.2 Å². The smallest absolute Gasteiger partial charge is 0.0789 e. The summed E-state index contributed by atoms with van der Waals surface area (Å²) in [6.45, 7) is 2.10. The van der Waals surface area contributed by atoms with Crippen LogP contribution in [0.25, 0.3) is 17.0 Å². The van der Waals surface area contributed by atoms with Gasteiger partial charge in [0, 0.05) is 23.0 Å². The summed E-state index contributed by atoms with van der Waals surface area (Å²) in [5.41, 5.74) is 3.19. The number of halogens is 2. The third-order valence-electron chi connectivity index (χ3n) is 2.73. The van der Waals surface area contributed by atoms with Gasteiger partial charge >= 0.3 is 0 Å². The molecule has 17 heavy (non-hydrogen) atoms. The van der Waals surface area contributed by atoms with Crippen molar-refractivity contribution >= 4 is 40.2 Å². The number of benzene rings is 1. The highest BCUT2D eigenvalue weighted by atomic mass is 35.5. The Bertz CT molecular complexity index is 555. The maximum Gasteiger partial charge on any atom is 0.0789 e. The van der Waals surface area contributed by atoms with Gasteiger partial charge < -0.3 is 0 Å². The van der Waals surface area contributed by atoms with Crippen molar-refractivity contribution < 1.29 is 0 Å². The zero-order chi connectivity index (χ0) is 12.3. The molecule has 0 aliphatic carbocycles. The average Bonchev–Trinajstić information content (AvgIpc) is 2.38. The van der Waals surface area contributed by atoms with Crippen LogP contribution in [0.4, 0.5) is 0 Å². The quantitative estimate of drug-likeness (QED) is 0.718. The van der Waals surface area contributed by atoms with Crippen LogP contribution in [0, 0.1) is 0 Å². The lowest BCUT2D eigenvalue weighted by Gasteiger charge is -2.05. The van der Waals surface area contributed by atoms with E-state index in [0.29, 0.717) is 5.88 Å². The summed E-state index contributed by atoms with van der Waals surface area (Å²) in [7, 11) is 0. The van der Waals surface area contributed by atoms with E-state index < -0.39 is 0 Å². The zero-order valence-corrected chi connectivity index (χ0v) is 11.1. The highest BCUT2D eigenvalue weighted by Crippen LogP contribution is 2.26. The Kier molecular flexibility index (Phi) is 4.03. The van der Waals surface area contributed by atoms with Crippen molar-refractivity contribution in [2.45, 2.75) is 13.3 Å². The van der Waals surface area contributed by atoms with Crippen LogP contribution in [0.3, 0.4) is 0 Å². The number of fused-ring (bicyclic) bond motifs is 1. The summed E-state index contributed by atoms with van der Waals surface area (Å²) >= 11 is 12.0. The molecule has 0 radical (unpaired) electrons. The second-order valence-corrected chi connectivity index (χ2v) is 4.50. The second-order valence-electron chi connectivity index (χ2n) is 3.83. The summed E-state index contributed by atoms with van der Waals surface area (Å²) in [6, 6.07) is 7.76. The molecule has 0 bridgehead atoms. The first-order valence-electron chi connectivity index (χ1n) is 5.55. The number of nitrogens with zero attached hydrogens (tertiary/aromatic N) is 1.